The van der Waals surface area contributed by atoms with E-state index in [1.54, 1.807) is 48.5 Å². The lowest BCUT2D eigenvalue weighted by Crippen LogP contribution is -2.30. The van der Waals surface area contributed by atoms with Gasteiger partial charge in [0.25, 0.3) is 11.6 Å². The Balaban J connectivity index is 1.42. The second-order valence-corrected chi connectivity index (χ2v) is 8.47. The van der Waals surface area contributed by atoms with Crippen molar-refractivity contribution in [1.82, 2.24) is 0 Å². The van der Waals surface area contributed by atoms with E-state index >= 15 is 0 Å². The Kier molecular flexibility index (Phi) is 6.02. The molecule has 0 radical (unpaired) electrons. The molecule has 3 aromatic rings. The largest absolute Gasteiger partial charge is 0.454 e. The Morgan fingerprint density at radius 2 is 1.86 bits per heavy atom. The number of carbonyl (C=O) groups excluding carboxylic acids is 2. The summed E-state index contributed by atoms with van der Waals surface area (Å²) in [6, 6.07) is 19.9. The van der Waals surface area contributed by atoms with Crippen molar-refractivity contribution in [2.45, 2.75) is 0 Å². The van der Waals surface area contributed by atoms with E-state index in [0.29, 0.717) is 27.9 Å². The highest BCUT2D eigenvalue weighted by molar-refractivity contribution is 8.14. The number of amides is 1. The highest BCUT2D eigenvalue weighted by Crippen LogP contribution is 2.34. The Morgan fingerprint density at radius 3 is 2.66 bits per heavy atom. The van der Waals surface area contributed by atoms with Gasteiger partial charge in [0.05, 0.1) is 16.4 Å². The molecule has 0 fully saturated rings. The van der Waals surface area contributed by atoms with Gasteiger partial charge in [0.1, 0.15) is 5.70 Å². The molecule has 0 N–H and O–H groups in total. The van der Waals surface area contributed by atoms with E-state index in [0.717, 1.165) is 11.8 Å². The smallest absolute Gasteiger partial charge is 0.283 e. The van der Waals surface area contributed by atoms with E-state index in [9.17, 15) is 19.7 Å². The molecule has 5 rings (SSSR count). The Labute approximate surface area is 203 Å². The number of hydrogen-bond donors (Lipinski definition) is 0. The molecule has 0 aliphatic carbocycles. The monoisotopic (exact) mass is 487 g/mol. The lowest BCUT2D eigenvalue weighted by atomic mass is 10.1. The van der Waals surface area contributed by atoms with Gasteiger partial charge in [-0.25, -0.2) is 4.99 Å². The van der Waals surface area contributed by atoms with Gasteiger partial charge in [0.15, 0.2) is 22.4 Å². The van der Waals surface area contributed by atoms with Gasteiger partial charge in [-0.05, 0) is 35.9 Å². The van der Waals surface area contributed by atoms with E-state index in [2.05, 4.69) is 4.99 Å². The van der Waals surface area contributed by atoms with Gasteiger partial charge in [-0.2, -0.15) is 0 Å². The molecule has 1 amide bonds. The van der Waals surface area contributed by atoms with Crippen molar-refractivity contribution in [3.63, 3.8) is 0 Å². The molecular weight excluding hydrogens is 470 g/mol. The van der Waals surface area contributed by atoms with Crippen molar-refractivity contribution in [1.29, 1.82) is 0 Å². The number of amidine groups is 1. The van der Waals surface area contributed by atoms with Crippen molar-refractivity contribution in [3.05, 3.63) is 99.7 Å². The molecule has 0 spiro atoms. The summed E-state index contributed by atoms with van der Waals surface area (Å²) in [7, 11) is 0. The number of benzene rings is 3. The zero-order chi connectivity index (χ0) is 24.4. The van der Waals surface area contributed by atoms with Crippen LogP contribution in [0.5, 0.6) is 11.5 Å². The molecule has 2 aliphatic heterocycles. The number of non-ortho nitro benzene ring substituents is 1. The number of thioether (sulfide) groups is 1. The topological polar surface area (TPSA) is 111 Å². The summed E-state index contributed by atoms with van der Waals surface area (Å²) in [5.41, 5.74) is 1.60. The maximum Gasteiger partial charge on any atom is 0.283 e. The first-order valence-corrected chi connectivity index (χ1v) is 11.5. The zero-order valence-electron chi connectivity index (χ0n) is 18.1. The van der Waals surface area contributed by atoms with Crippen LogP contribution in [0.4, 0.5) is 11.4 Å². The molecule has 174 valence electrons. The maximum atomic E-state index is 13.3. The molecule has 0 bridgehead atoms. The number of para-hydroxylation sites is 1. The molecule has 9 nitrogen and oxygen atoms in total. The van der Waals surface area contributed by atoms with Crippen molar-refractivity contribution in [2.75, 3.05) is 17.4 Å². The number of anilines is 1. The molecule has 2 aliphatic rings. The minimum Gasteiger partial charge on any atom is -0.454 e. The number of nitro benzene ring substituents is 1. The Hall–Kier alpha value is -4.44. The third kappa shape index (κ3) is 4.64. The van der Waals surface area contributed by atoms with E-state index < -0.39 is 4.92 Å². The summed E-state index contributed by atoms with van der Waals surface area (Å²) >= 11 is 1.09. The van der Waals surface area contributed by atoms with Crippen LogP contribution in [-0.2, 0) is 4.79 Å². The number of Topliss-reactive ketones (excluding diaryl/α,β-unsaturated/α-hetero) is 1. The second kappa shape index (κ2) is 9.43. The third-order valence-corrected chi connectivity index (χ3v) is 6.19. The molecule has 0 aromatic heterocycles. The maximum absolute atomic E-state index is 13.3. The van der Waals surface area contributed by atoms with E-state index in [1.165, 1.54) is 29.2 Å². The van der Waals surface area contributed by atoms with Crippen LogP contribution in [0.2, 0.25) is 0 Å². The highest BCUT2D eigenvalue weighted by Gasteiger charge is 2.32. The lowest BCUT2D eigenvalue weighted by Gasteiger charge is -2.17. The number of ether oxygens (including phenoxy) is 2. The summed E-state index contributed by atoms with van der Waals surface area (Å²) in [5, 5.41) is 11.4. The average Bonchev–Trinajstić information content (AvgIpc) is 3.47. The molecular formula is C25H17N3O6S. The number of hydrogen-bond acceptors (Lipinski definition) is 8. The predicted octanol–water partition coefficient (Wildman–Crippen LogP) is 4.68. The molecule has 10 heteroatoms. The lowest BCUT2D eigenvalue weighted by molar-refractivity contribution is -0.384. The van der Waals surface area contributed by atoms with Crippen molar-refractivity contribution < 1.29 is 24.0 Å². The number of fused-ring (bicyclic) bond motifs is 1. The summed E-state index contributed by atoms with van der Waals surface area (Å²) < 4.78 is 10.7. The van der Waals surface area contributed by atoms with E-state index in [-0.39, 0.29) is 41.2 Å². The first-order valence-electron chi connectivity index (χ1n) is 10.5. The first-order chi connectivity index (χ1) is 17.0. The summed E-state index contributed by atoms with van der Waals surface area (Å²) in [6.07, 6.45) is 1.65. The second-order valence-electron chi connectivity index (χ2n) is 7.53. The molecule has 0 saturated carbocycles. The van der Waals surface area contributed by atoms with Gasteiger partial charge in [0.2, 0.25) is 6.79 Å². The first kappa shape index (κ1) is 22.4. The van der Waals surface area contributed by atoms with E-state index in [4.69, 9.17) is 9.47 Å². The minimum absolute atomic E-state index is 0.0477. The third-order valence-electron chi connectivity index (χ3n) is 5.26. The molecule has 2 heterocycles. The van der Waals surface area contributed by atoms with Gasteiger partial charge in [-0.3, -0.25) is 24.6 Å². The fourth-order valence-corrected chi connectivity index (χ4v) is 4.47. The van der Waals surface area contributed by atoms with Crippen LogP contribution in [0.1, 0.15) is 15.9 Å². The Bertz CT molecular complexity index is 1400. The quantitative estimate of drug-likeness (QED) is 0.215. The Morgan fingerprint density at radius 1 is 1.06 bits per heavy atom. The van der Waals surface area contributed by atoms with Crippen LogP contribution in [0.15, 0.2) is 83.5 Å². The molecule has 0 atom stereocenters. The van der Waals surface area contributed by atoms with Crippen molar-refractivity contribution in [2.24, 2.45) is 4.99 Å². The van der Waals surface area contributed by atoms with Gasteiger partial charge in [0, 0.05) is 17.7 Å². The number of carbonyl (C=O) groups is 2. The highest BCUT2D eigenvalue weighted by atomic mass is 32.2. The summed E-state index contributed by atoms with van der Waals surface area (Å²) in [6.45, 7) is 0.146. The molecule has 35 heavy (non-hydrogen) atoms. The van der Waals surface area contributed by atoms with Gasteiger partial charge in [-0.15, -0.1) is 0 Å². The average molecular weight is 487 g/mol. The number of ketones is 1. The van der Waals surface area contributed by atoms with Crippen LogP contribution in [0, 0.1) is 10.1 Å². The number of nitrogens with zero attached hydrogens (tertiary/aromatic N) is 3. The molecule has 3 aromatic carbocycles. The van der Waals surface area contributed by atoms with Crippen LogP contribution < -0.4 is 14.4 Å². The van der Waals surface area contributed by atoms with E-state index in [1.807, 2.05) is 6.07 Å². The minimum atomic E-state index is -0.548. The van der Waals surface area contributed by atoms with Crippen LogP contribution >= 0.6 is 11.8 Å². The standard InChI is InChI=1S/C25H17N3O6S/c29-21(17-5-4-8-19(13-17)28(31)32)14-35-25-26-20(24(30)27(25)18-6-2-1-3-7-18)11-16-9-10-22-23(12-16)34-15-33-22/h1-13H,14-15H2. The zero-order valence-corrected chi connectivity index (χ0v) is 18.9. The fourth-order valence-electron chi connectivity index (χ4n) is 3.57. The number of nitro groups is 1. The molecule has 0 saturated heterocycles. The SMILES string of the molecule is O=C(CSC1=NC(=Cc2ccc3c(c2)OCO3)C(=O)N1c1ccccc1)c1cccc([N+](=O)[O-])c1. The van der Waals surface area contributed by atoms with Crippen LogP contribution in [0.3, 0.4) is 0 Å². The van der Waals surface area contributed by atoms with Gasteiger partial charge in [-0.1, -0.05) is 48.2 Å². The molecule has 0 unspecified atom stereocenters. The normalized spacial score (nSPS) is 15.4. The number of aliphatic imine (C=N–C) groups is 1. The predicted molar refractivity (Wildman–Crippen MR) is 132 cm³/mol. The van der Waals surface area contributed by atoms with Crippen LogP contribution in [-0.4, -0.2) is 34.3 Å². The fraction of sp³-hybridized carbons (Fsp3) is 0.0800. The van der Waals surface area contributed by atoms with Crippen molar-refractivity contribution >= 4 is 46.1 Å². The number of rotatable bonds is 6. The summed E-state index contributed by atoms with van der Waals surface area (Å²) in [5.74, 6) is 0.531. The summed E-state index contributed by atoms with van der Waals surface area (Å²) in [4.78, 5) is 42.5. The van der Waals surface area contributed by atoms with Crippen molar-refractivity contribution in [3.8, 4) is 11.5 Å². The van der Waals surface area contributed by atoms with Gasteiger partial charge < -0.3 is 9.47 Å². The van der Waals surface area contributed by atoms with Crippen LogP contribution in [0.25, 0.3) is 6.08 Å². The van der Waals surface area contributed by atoms with Gasteiger partial charge >= 0.3 is 0 Å².